The quantitative estimate of drug-likeness (QED) is 0.586. The van der Waals surface area contributed by atoms with E-state index in [1.54, 1.807) is 0 Å². The Hall–Kier alpha value is -1.11. The van der Waals surface area contributed by atoms with Crippen molar-refractivity contribution in [2.45, 2.75) is 20.3 Å². The van der Waals surface area contributed by atoms with E-state index in [0.29, 0.717) is 6.42 Å². The van der Waals surface area contributed by atoms with Gasteiger partial charge in [0.05, 0.1) is 0 Å². The molecule has 0 amide bonds. The first-order valence-corrected chi connectivity index (χ1v) is 3.74. The van der Waals surface area contributed by atoms with Crippen LogP contribution in [0.1, 0.15) is 16.7 Å². The molecule has 1 heteroatoms. The van der Waals surface area contributed by atoms with Crippen LogP contribution in [0.5, 0.6) is 0 Å². The van der Waals surface area contributed by atoms with Gasteiger partial charge in [-0.3, -0.25) is 0 Å². The molecule has 0 aliphatic heterocycles. The number of hydrogen-bond acceptors (Lipinski definition) is 1. The molecule has 0 atom stereocenters. The number of aldehydes is 1. The smallest absolute Gasteiger partial charge is 0.124 e. The van der Waals surface area contributed by atoms with Crippen LogP contribution < -0.4 is 0 Å². The zero-order valence-electron chi connectivity index (χ0n) is 6.92. The third-order valence-corrected chi connectivity index (χ3v) is 1.89. The summed E-state index contributed by atoms with van der Waals surface area (Å²) in [7, 11) is 0. The average Bonchev–Trinajstić information content (AvgIpc) is 1.98. The van der Waals surface area contributed by atoms with Crippen LogP contribution in [0.3, 0.4) is 0 Å². The summed E-state index contributed by atoms with van der Waals surface area (Å²) in [5.74, 6) is 0. The van der Waals surface area contributed by atoms with Crippen molar-refractivity contribution in [2.75, 3.05) is 0 Å². The number of benzene rings is 1. The molecule has 0 heterocycles. The van der Waals surface area contributed by atoms with Crippen molar-refractivity contribution in [2.24, 2.45) is 0 Å². The fourth-order valence-electron chi connectivity index (χ4n) is 1.03. The second-order valence-electron chi connectivity index (χ2n) is 2.79. The lowest BCUT2D eigenvalue weighted by atomic mass is 10.1. The van der Waals surface area contributed by atoms with Gasteiger partial charge in [-0.25, -0.2) is 0 Å². The van der Waals surface area contributed by atoms with E-state index in [1.807, 2.05) is 12.1 Å². The first-order chi connectivity index (χ1) is 5.24. The Morgan fingerprint density at radius 1 is 1.27 bits per heavy atom. The molecule has 0 aliphatic carbocycles. The predicted molar refractivity (Wildman–Crippen MR) is 45.7 cm³/mol. The van der Waals surface area contributed by atoms with E-state index in [1.165, 1.54) is 11.1 Å². The number of rotatable bonds is 2. The summed E-state index contributed by atoms with van der Waals surface area (Å²) in [5, 5.41) is 0. The summed E-state index contributed by atoms with van der Waals surface area (Å²) in [6, 6.07) is 6.11. The molecule has 0 spiro atoms. The highest BCUT2D eigenvalue weighted by atomic mass is 16.1. The molecular formula is C10H12O. The molecule has 1 nitrogen and oxygen atoms in total. The Labute approximate surface area is 67.1 Å². The fourth-order valence-corrected chi connectivity index (χ4v) is 1.03. The molecule has 1 rings (SSSR count). The van der Waals surface area contributed by atoms with E-state index in [-0.39, 0.29) is 0 Å². The van der Waals surface area contributed by atoms with Crippen molar-refractivity contribution < 1.29 is 4.79 Å². The first kappa shape index (κ1) is 7.99. The van der Waals surface area contributed by atoms with E-state index < -0.39 is 0 Å². The Morgan fingerprint density at radius 3 is 2.55 bits per heavy atom. The molecule has 0 aromatic heterocycles. The van der Waals surface area contributed by atoms with E-state index in [2.05, 4.69) is 19.9 Å². The number of hydrogen-bond donors (Lipinski definition) is 0. The van der Waals surface area contributed by atoms with Gasteiger partial charge in [-0.15, -0.1) is 0 Å². The molecule has 11 heavy (non-hydrogen) atoms. The van der Waals surface area contributed by atoms with Crippen LogP contribution in [0, 0.1) is 13.8 Å². The summed E-state index contributed by atoms with van der Waals surface area (Å²) in [6.45, 7) is 4.13. The second kappa shape index (κ2) is 3.33. The van der Waals surface area contributed by atoms with Crippen molar-refractivity contribution in [3.8, 4) is 0 Å². The Kier molecular flexibility index (Phi) is 2.42. The molecule has 0 unspecified atom stereocenters. The predicted octanol–water partition coefficient (Wildman–Crippen LogP) is 2.04. The topological polar surface area (TPSA) is 17.1 Å². The summed E-state index contributed by atoms with van der Waals surface area (Å²) in [4.78, 5) is 10.2. The van der Waals surface area contributed by atoms with Gasteiger partial charge in [0.15, 0.2) is 0 Å². The minimum atomic E-state index is 0.529. The monoisotopic (exact) mass is 148 g/mol. The number of carbonyl (C=O) groups excluding carboxylic acids is 1. The molecule has 0 radical (unpaired) electrons. The number of carbonyl (C=O) groups is 1. The maximum atomic E-state index is 10.2. The van der Waals surface area contributed by atoms with Crippen molar-refractivity contribution in [3.63, 3.8) is 0 Å². The average molecular weight is 148 g/mol. The summed E-state index contributed by atoms with van der Waals surface area (Å²) < 4.78 is 0. The Balaban J connectivity index is 2.95. The second-order valence-corrected chi connectivity index (χ2v) is 2.79. The molecule has 0 aliphatic rings. The van der Waals surface area contributed by atoms with Gasteiger partial charge >= 0.3 is 0 Å². The standard InChI is InChI=1S/C10H12O/c1-8-3-4-10(5-6-11)7-9(8)2/h3-4,6-7H,5H2,1-2H3. The van der Waals surface area contributed by atoms with E-state index in [9.17, 15) is 4.79 Å². The highest BCUT2D eigenvalue weighted by molar-refractivity contribution is 5.55. The maximum Gasteiger partial charge on any atom is 0.124 e. The van der Waals surface area contributed by atoms with Crippen molar-refractivity contribution in [1.82, 2.24) is 0 Å². The SMILES string of the molecule is Cc1ccc(CC=O)cc1C. The third kappa shape index (κ3) is 1.90. The van der Waals surface area contributed by atoms with Gasteiger partial charge in [0, 0.05) is 6.42 Å². The van der Waals surface area contributed by atoms with Crippen LogP contribution in [-0.4, -0.2) is 6.29 Å². The molecule has 1 aromatic carbocycles. The van der Waals surface area contributed by atoms with Crippen molar-refractivity contribution >= 4 is 6.29 Å². The minimum Gasteiger partial charge on any atom is -0.303 e. The third-order valence-electron chi connectivity index (χ3n) is 1.89. The van der Waals surface area contributed by atoms with Gasteiger partial charge < -0.3 is 4.79 Å². The summed E-state index contributed by atoms with van der Waals surface area (Å²) in [5.41, 5.74) is 3.63. The minimum absolute atomic E-state index is 0.529. The highest BCUT2D eigenvalue weighted by Crippen LogP contribution is 2.09. The fraction of sp³-hybridized carbons (Fsp3) is 0.300. The van der Waals surface area contributed by atoms with Gasteiger partial charge in [0.2, 0.25) is 0 Å². The van der Waals surface area contributed by atoms with Crippen LogP contribution in [0.15, 0.2) is 18.2 Å². The molecule has 1 aromatic rings. The molecule has 0 saturated heterocycles. The van der Waals surface area contributed by atoms with Crippen LogP contribution in [0.4, 0.5) is 0 Å². The highest BCUT2D eigenvalue weighted by Gasteiger charge is 1.94. The van der Waals surface area contributed by atoms with Crippen molar-refractivity contribution in [3.05, 3.63) is 34.9 Å². The van der Waals surface area contributed by atoms with Gasteiger partial charge in [0.1, 0.15) is 6.29 Å². The van der Waals surface area contributed by atoms with Crippen LogP contribution in [-0.2, 0) is 11.2 Å². The Morgan fingerprint density at radius 2 is 2.00 bits per heavy atom. The van der Waals surface area contributed by atoms with E-state index in [4.69, 9.17) is 0 Å². The first-order valence-electron chi connectivity index (χ1n) is 3.74. The van der Waals surface area contributed by atoms with E-state index >= 15 is 0 Å². The molecule has 0 bridgehead atoms. The lowest BCUT2D eigenvalue weighted by Gasteiger charge is -2.00. The van der Waals surface area contributed by atoms with Gasteiger partial charge in [-0.1, -0.05) is 18.2 Å². The summed E-state index contributed by atoms with van der Waals surface area (Å²) >= 11 is 0. The molecule has 58 valence electrons. The largest absolute Gasteiger partial charge is 0.303 e. The van der Waals surface area contributed by atoms with Crippen LogP contribution >= 0.6 is 0 Å². The maximum absolute atomic E-state index is 10.2. The zero-order valence-corrected chi connectivity index (χ0v) is 6.92. The van der Waals surface area contributed by atoms with E-state index in [0.717, 1.165) is 11.8 Å². The number of aryl methyl sites for hydroxylation is 2. The molecule has 0 fully saturated rings. The normalized spacial score (nSPS) is 9.64. The van der Waals surface area contributed by atoms with Crippen LogP contribution in [0.2, 0.25) is 0 Å². The molecule has 0 saturated carbocycles. The molecular weight excluding hydrogens is 136 g/mol. The lowest BCUT2D eigenvalue weighted by Crippen LogP contribution is -1.88. The van der Waals surface area contributed by atoms with Gasteiger partial charge in [-0.2, -0.15) is 0 Å². The Bertz CT molecular complexity index is 264. The van der Waals surface area contributed by atoms with Gasteiger partial charge in [-0.05, 0) is 30.5 Å². The van der Waals surface area contributed by atoms with Crippen LogP contribution in [0.25, 0.3) is 0 Å². The zero-order chi connectivity index (χ0) is 8.27. The molecule has 0 N–H and O–H groups in total. The van der Waals surface area contributed by atoms with Gasteiger partial charge in [0.25, 0.3) is 0 Å². The van der Waals surface area contributed by atoms with Crippen molar-refractivity contribution in [1.29, 1.82) is 0 Å². The lowest BCUT2D eigenvalue weighted by molar-refractivity contribution is -0.107. The summed E-state index contributed by atoms with van der Waals surface area (Å²) in [6.07, 6.45) is 1.46.